The first kappa shape index (κ1) is 19.1. The first-order valence-corrected chi connectivity index (χ1v) is 11.8. The molecule has 3 aromatic heterocycles. The van der Waals surface area contributed by atoms with Gasteiger partial charge < -0.3 is 4.90 Å². The number of likely N-dealkylation sites (N-methyl/N-ethyl adjacent to an activating group) is 1. The number of benzene rings is 1. The van der Waals surface area contributed by atoms with Gasteiger partial charge in [-0.25, -0.2) is 8.97 Å². The maximum atomic E-state index is 13.7. The van der Waals surface area contributed by atoms with Crippen LogP contribution in [0.4, 0.5) is 0 Å². The highest BCUT2D eigenvalue weighted by molar-refractivity contribution is 7.99. The Morgan fingerprint density at radius 2 is 2.17 bits per heavy atom. The van der Waals surface area contributed by atoms with Crippen molar-refractivity contribution in [3.8, 4) is 5.69 Å². The zero-order valence-electron chi connectivity index (χ0n) is 16.2. The number of hydrogen-bond acceptors (Lipinski definition) is 6. The molecule has 1 aliphatic rings. The molecule has 150 valence electrons. The molecule has 4 aromatic rings. The van der Waals surface area contributed by atoms with E-state index in [1.54, 1.807) is 39.8 Å². The fourth-order valence-electron chi connectivity index (χ4n) is 3.82. The van der Waals surface area contributed by atoms with E-state index in [-0.39, 0.29) is 5.56 Å². The van der Waals surface area contributed by atoms with Crippen molar-refractivity contribution in [2.75, 3.05) is 19.3 Å². The highest BCUT2D eigenvalue weighted by atomic mass is 35.5. The Morgan fingerprint density at radius 1 is 1.31 bits per heavy atom. The van der Waals surface area contributed by atoms with Gasteiger partial charge in [0.05, 0.1) is 11.1 Å². The van der Waals surface area contributed by atoms with E-state index in [4.69, 9.17) is 11.6 Å². The monoisotopic (exact) mass is 445 g/mol. The second-order valence-electron chi connectivity index (χ2n) is 7.26. The summed E-state index contributed by atoms with van der Waals surface area (Å²) in [6.45, 7) is 3.97. The number of nitrogens with zero attached hydrogens (tertiary/aromatic N) is 5. The number of fused-ring (bicyclic) bond motifs is 5. The molecule has 29 heavy (non-hydrogen) atoms. The van der Waals surface area contributed by atoms with Gasteiger partial charge in [-0.05, 0) is 43.7 Å². The van der Waals surface area contributed by atoms with E-state index in [2.05, 4.69) is 33.5 Å². The van der Waals surface area contributed by atoms with Gasteiger partial charge in [0.15, 0.2) is 5.16 Å². The van der Waals surface area contributed by atoms with Crippen molar-refractivity contribution in [3.05, 3.63) is 50.1 Å². The Bertz CT molecular complexity index is 1290. The van der Waals surface area contributed by atoms with Crippen LogP contribution in [0.2, 0.25) is 5.02 Å². The molecule has 0 saturated heterocycles. The first-order chi connectivity index (χ1) is 14.1. The van der Waals surface area contributed by atoms with Crippen molar-refractivity contribution in [2.24, 2.45) is 0 Å². The average molecular weight is 446 g/mol. The van der Waals surface area contributed by atoms with Crippen LogP contribution in [0.25, 0.3) is 21.7 Å². The number of thiophene rings is 1. The summed E-state index contributed by atoms with van der Waals surface area (Å²) in [6.07, 6.45) is 1.92. The largest absolute Gasteiger partial charge is 0.301 e. The minimum Gasteiger partial charge on any atom is -0.301 e. The summed E-state index contributed by atoms with van der Waals surface area (Å²) in [5, 5.41) is 11.1. The molecule has 1 aromatic carbocycles. The van der Waals surface area contributed by atoms with Crippen molar-refractivity contribution in [1.82, 2.24) is 24.1 Å². The molecule has 4 heterocycles. The van der Waals surface area contributed by atoms with Gasteiger partial charge in [-0.1, -0.05) is 36.4 Å². The molecular formula is C20H20ClN5OS2. The molecular weight excluding hydrogens is 426 g/mol. The molecule has 0 N–H and O–H groups in total. The summed E-state index contributed by atoms with van der Waals surface area (Å²) in [5.74, 6) is 1.49. The maximum Gasteiger partial charge on any atom is 0.268 e. The van der Waals surface area contributed by atoms with E-state index in [1.165, 1.54) is 10.4 Å². The molecule has 6 nitrogen and oxygen atoms in total. The summed E-state index contributed by atoms with van der Waals surface area (Å²) < 4.78 is 3.71. The van der Waals surface area contributed by atoms with Crippen molar-refractivity contribution in [3.63, 3.8) is 0 Å². The van der Waals surface area contributed by atoms with Crippen LogP contribution in [0.15, 0.2) is 34.2 Å². The van der Waals surface area contributed by atoms with Crippen LogP contribution >= 0.6 is 34.7 Å². The maximum absolute atomic E-state index is 13.7. The normalized spacial score (nSPS) is 14.7. The second-order valence-corrected chi connectivity index (χ2v) is 9.84. The van der Waals surface area contributed by atoms with Gasteiger partial charge >= 0.3 is 0 Å². The molecule has 0 atom stereocenters. The zero-order chi connectivity index (χ0) is 20.1. The number of aromatic nitrogens is 4. The molecule has 0 unspecified atom stereocenters. The van der Waals surface area contributed by atoms with Gasteiger partial charge in [-0.15, -0.1) is 21.5 Å². The fraction of sp³-hybridized carbons (Fsp3) is 0.350. The Hall–Kier alpha value is -1.87. The highest BCUT2D eigenvalue weighted by Gasteiger charge is 2.26. The molecule has 0 aliphatic carbocycles. The molecule has 5 rings (SSSR count). The Labute approximate surface area is 181 Å². The zero-order valence-corrected chi connectivity index (χ0v) is 18.6. The summed E-state index contributed by atoms with van der Waals surface area (Å²) in [5.41, 5.74) is 1.84. The quantitative estimate of drug-likeness (QED) is 0.440. The molecule has 0 fully saturated rings. The van der Waals surface area contributed by atoms with E-state index < -0.39 is 0 Å². The summed E-state index contributed by atoms with van der Waals surface area (Å²) in [7, 11) is 2.12. The molecule has 0 bridgehead atoms. The topological polar surface area (TPSA) is 55.4 Å². The van der Waals surface area contributed by atoms with Crippen molar-refractivity contribution < 1.29 is 0 Å². The van der Waals surface area contributed by atoms with Gasteiger partial charge in [-0.2, -0.15) is 0 Å². The third-order valence-corrected chi connectivity index (χ3v) is 7.74. The van der Waals surface area contributed by atoms with Crippen LogP contribution in [-0.2, 0) is 13.0 Å². The number of rotatable bonds is 4. The average Bonchev–Trinajstić information content (AvgIpc) is 3.27. The predicted octanol–water partition coefficient (Wildman–Crippen LogP) is 4.24. The van der Waals surface area contributed by atoms with Crippen LogP contribution in [0.1, 0.15) is 23.8 Å². The predicted molar refractivity (Wildman–Crippen MR) is 120 cm³/mol. The Morgan fingerprint density at radius 3 is 2.97 bits per heavy atom. The SMILES string of the molecule is CCCSc1nnc2n(-c3cccc(Cl)c3)c(=O)c3c4c(sc3n12)CN(C)CC4. The van der Waals surface area contributed by atoms with E-state index >= 15 is 0 Å². The Balaban J connectivity index is 1.90. The van der Waals surface area contributed by atoms with Crippen molar-refractivity contribution >= 4 is 50.7 Å². The third-order valence-electron chi connectivity index (χ3n) is 5.17. The lowest BCUT2D eigenvalue weighted by Gasteiger charge is -2.21. The number of hydrogen-bond donors (Lipinski definition) is 0. The van der Waals surface area contributed by atoms with E-state index in [9.17, 15) is 4.79 Å². The molecule has 0 saturated carbocycles. The van der Waals surface area contributed by atoms with Crippen LogP contribution < -0.4 is 5.56 Å². The van der Waals surface area contributed by atoms with Crippen LogP contribution in [-0.4, -0.2) is 43.4 Å². The van der Waals surface area contributed by atoms with Crippen molar-refractivity contribution in [2.45, 2.75) is 31.5 Å². The smallest absolute Gasteiger partial charge is 0.268 e. The molecule has 0 amide bonds. The Kier molecular flexibility index (Phi) is 4.90. The minimum atomic E-state index is -0.0451. The van der Waals surface area contributed by atoms with Gasteiger partial charge in [0.2, 0.25) is 5.78 Å². The molecule has 1 aliphatic heterocycles. The minimum absolute atomic E-state index is 0.0451. The molecule has 9 heteroatoms. The van der Waals surface area contributed by atoms with Crippen LogP contribution in [0.5, 0.6) is 0 Å². The van der Waals surface area contributed by atoms with Gasteiger partial charge in [0, 0.05) is 28.7 Å². The van der Waals surface area contributed by atoms with E-state index in [0.29, 0.717) is 16.5 Å². The lowest BCUT2D eigenvalue weighted by Crippen LogP contribution is -2.27. The van der Waals surface area contributed by atoms with E-state index in [1.807, 2.05) is 12.1 Å². The van der Waals surface area contributed by atoms with E-state index in [0.717, 1.165) is 47.1 Å². The summed E-state index contributed by atoms with van der Waals surface area (Å²) in [6, 6.07) is 7.35. The third kappa shape index (κ3) is 3.09. The number of thioether (sulfide) groups is 1. The summed E-state index contributed by atoms with van der Waals surface area (Å²) in [4.78, 5) is 18.2. The second kappa shape index (κ2) is 7.43. The molecule has 0 spiro atoms. The highest BCUT2D eigenvalue weighted by Crippen LogP contribution is 2.35. The molecule has 0 radical (unpaired) electrons. The lowest BCUT2D eigenvalue weighted by molar-refractivity contribution is 0.318. The number of halogens is 1. The fourth-order valence-corrected chi connectivity index (χ4v) is 6.26. The lowest BCUT2D eigenvalue weighted by atomic mass is 10.1. The van der Waals surface area contributed by atoms with Gasteiger partial charge in [0.25, 0.3) is 5.56 Å². The van der Waals surface area contributed by atoms with Crippen LogP contribution in [0.3, 0.4) is 0 Å². The van der Waals surface area contributed by atoms with Crippen LogP contribution in [0, 0.1) is 0 Å². The summed E-state index contributed by atoms with van der Waals surface area (Å²) >= 11 is 9.60. The van der Waals surface area contributed by atoms with Crippen molar-refractivity contribution in [1.29, 1.82) is 0 Å². The standard InChI is InChI=1S/C20H20ClN5OS2/c1-3-9-28-20-23-22-19-25(13-6-4-5-12(21)10-13)17(27)16-14-7-8-24(2)11-15(14)29-18(16)26(19)20/h4-6,10H,3,7-9,11H2,1-2H3. The first-order valence-electron chi connectivity index (χ1n) is 9.60. The van der Waals surface area contributed by atoms with Gasteiger partial charge in [0.1, 0.15) is 4.83 Å². The van der Waals surface area contributed by atoms with Gasteiger partial charge in [-0.3, -0.25) is 4.79 Å².